The van der Waals surface area contributed by atoms with E-state index in [9.17, 15) is 0 Å². The summed E-state index contributed by atoms with van der Waals surface area (Å²) in [6.07, 6.45) is 4.84. The fourth-order valence-corrected chi connectivity index (χ4v) is 2.46. The van der Waals surface area contributed by atoms with E-state index in [-0.39, 0.29) is 0 Å². The monoisotopic (exact) mass is 307 g/mol. The van der Waals surface area contributed by atoms with Crippen molar-refractivity contribution in [1.82, 2.24) is 15.1 Å². The predicted molar refractivity (Wildman–Crippen MR) is 73.0 cm³/mol. The molecular formula is C13H14BrN3O. The first-order valence-corrected chi connectivity index (χ1v) is 6.79. The van der Waals surface area contributed by atoms with Crippen LogP contribution in [0.3, 0.4) is 0 Å². The first kappa shape index (κ1) is 11.7. The van der Waals surface area contributed by atoms with Crippen LogP contribution in [-0.4, -0.2) is 22.9 Å². The number of ether oxygens (including phenoxy) is 1. The highest BCUT2D eigenvalue weighted by atomic mass is 79.9. The summed E-state index contributed by atoms with van der Waals surface area (Å²) in [6.45, 7) is 2.04. The zero-order chi connectivity index (χ0) is 12.4. The molecule has 1 aliphatic heterocycles. The average Bonchev–Trinajstić information content (AvgIpc) is 3.02. The maximum atomic E-state index is 5.80. The number of nitrogens with zero attached hydrogens (tertiary/aromatic N) is 2. The Balaban J connectivity index is 1.75. The van der Waals surface area contributed by atoms with E-state index >= 15 is 0 Å². The normalized spacial score (nSPS) is 19.1. The molecule has 1 aromatic heterocycles. The summed E-state index contributed by atoms with van der Waals surface area (Å²) in [6, 6.07) is 8.25. The van der Waals surface area contributed by atoms with Gasteiger partial charge in [-0.25, -0.2) is 0 Å². The Morgan fingerprint density at radius 3 is 3.06 bits per heavy atom. The van der Waals surface area contributed by atoms with Crippen LogP contribution in [0.25, 0.3) is 0 Å². The van der Waals surface area contributed by atoms with E-state index in [0.717, 1.165) is 35.5 Å². The van der Waals surface area contributed by atoms with Crippen molar-refractivity contribution in [3.05, 3.63) is 41.1 Å². The number of nitrogens with one attached hydrogen (secondary N) is 1. The van der Waals surface area contributed by atoms with E-state index in [1.807, 2.05) is 35.1 Å². The molecule has 1 aliphatic rings. The fourth-order valence-electron chi connectivity index (χ4n) is 2.09. The number of halogens is 1. The third-order valence-corrected chi connectivity index (χ3v) is 3.71. The molecule has 5 heteroatoms. The molecule has 3 rings (SSSR count). The highest BCUT2D eigenvalue weighted by Crippen LogP contribution is 2.29. The highest BCUT2D eigenvalue weighted by Gasteiger charge is 2.17. The lowest BCUT2D eigenvalue weighted by Crippen LogP contribution is -2.13. The summed E-state index contributed by atoms with van der Waals surface area (Å²) in [5.74, 6) is 1.58. The Morgan fingerprint density at radius 2 is 2.28 bits per heavy atom. The molecule has 0 bridgehead atoms. The summed E-state index contributed by atoms with van der Waals surface area (Å²) in [5, 5.41) is 7.69. The first-order valence-electron chi connectivity index (χ1n) is 6.00. The highest BCUT2D eigenvalue weighted by molar-refractivity contribution is 9.10. The molecule has 1 saturated heterocycles. The van der Waals surface area contributed by atoms with Crippen molar-refractivity contribution in [2.75, 3.05) is 13.1 Å². The molecule has 1 fully saturated rings. The maximum absolute atomic E-state index is 5.80. The van der Waals surface area contributed by atoms with Crippen LogP contribution in [0.15, 0.2) is 41.1 Å². The summed E-state index contributed by atoms with van der Waals surface area (Å²) in [7, 11) is 0. The van der Waals surface area contributed by atoms with Crippen molar-refractivity contribution in [2.45, 2.75) is 12.5 Å². The smallest absolute Gasteiger partial charge is 0.165 e. The van der Waals surface area contributed by atoms with Crippen LogP contribution in [0.2, 0.25) is 0 Å². The molecule has 1 unspecified atom stereocenters. The largest absolute Gasteiger partial charge is 0.453 e. The Hall–Kier alpha value is -1.33. The SMILES string of the molecule is Brc1ccccc1Oc1cnn(C2CCNC2)c1. The van der Waals surface area contributed by atoms with E-state index < -0.39 is 0 Å². The molecular weight excluding hydrogens is 294 g/mol. The quantitative estimate of drug-likeness (QED) is 0.947. The van der Waals surface area contributed by atoms with Crippen molar-refractivity contribution in [2.24, 2.45) is 0 Å². The van der Waals surface area contributed by atoms with Crippen LogP contribution in [-0.2, 0) is 0 Å². The van der Waals surface area contributed by atoms with Crippen molar-refractivity contribution in [3.8, 4) is 11.5 Å². The van der Waals surface area contributed by atoms with Crippen molar-refractivity contribution in [1.29, 1.82) is 0 Å². The molecule has 0 saturated carbocycles. The van der Waals surface area contributed by atoms with Gasteiger partial charge in [-0.15, -0.1) is 0 Å². The van der Waals surface area contributed by atoms with E-state index in [2.05, 4.69) is 26.3 Å². The van der Waals surface area contributed by atoms with Crippen molar-refractivity contribution < 1.29 is 4.74 Å². The average molecular weight is 308 g/mol. The molecule has 18 heavy (non-hydrogen) atoms. The molecule has 4 nitrogen and oxygen atoms in total. The van der Waals surface area contributed by atoms with Crippen LogP contribution in [0.4, 0.5) is 0 Å². The van der Waals surface area contributed by atoms with E-state index in [0.29, 0.717) is 6.04 Å². The molecule has 94 valence electrons. The number of rotatable bonds is 3. The lowest BCUT2D eigenvalue weighted by Gasteiger charge is -2.08. The maximum Gasteiger partial charge on any atom is 0.165 e. The van der Waals surface area contributed by atoms with Gasteiger partial charge in [-0.05, 0) is 41.0 Å². The number of para-hydroxylation sites is 1. The number of hydrogen-bond acceptors (Lipinski definition) is 3. The minimum absolute atomic E-state index is 0.446. The summed E-state index contributed by atoms with van der Waals surface area (Å²) < 4.78 is 8.72. The first-order chi connectivity index (χ1) is 8.83. The molecule has 2 aromatic rings. The topological polar surface area (TPSA) is 39.1 Å². The standard InChI is InChI=1S/C13H14BrN3O/c14-12-3-1-2-4-13(12)18-11-8-16-17(9-11)10-5-6-15-7-10/h1-4,8-10,15H,5-7H2. The summed E-state index contributed by atoms with van der Waals surface area (Å²) in [4.78, 5) is 0. The zero-order valence-corrected chi connectivity index (χ0v) is 11.4. The van der Waals surface area contributed by atoms with Gasteiger partial charge in [0.05, 0.1) is 22.9 Å². The van der Waals surface area contributed by atoms with Crippen LogP contribution in [0.5, 0.6) is 11.5 Å². The Bertz CT molecular complexity index is 535. The fraction of sp³-hybridized carbons (Fsp3) is 0.308. The van der Waals surface area contributed by atoms with Gasteiger partial charge in [0.15, 0.2) is 5.75 Å². The number of benzene rings is 1. The Kier molecular flexibility index (Phi) is 3.34. The van der Waals surface area contributed by atoms with E-state index in [1.54, 1.807) is 6.20 Å². The molecule has 1 N–H and O–H groups in total. The number of hydrogen-bond donors (Lipinski definition) is 1. The molecule has 1 aromatic carbocycles. The van der Waals surface area contributed by atoms with Crippen LogP contribution < -0.4 is 10.1 Å². The van der Waals surface area contributed by atoms with Gasteiger partial charge in [0.2, 0.25) is 0 Å². The van der Waals surface area contributed by atoms with Gasteiger partial charge < -0.3 is 10.1 Å². The second kappa shape index (κ2) is 5.12. The van der Waals surface area contributed by atoms with Gasteiger partial charge in [0, 0.05) is 6.54 Å². The lowest BCUT2D eigenvalue weighted by atomic mass is 10.3. The minimum Gasteiger partial charge on any atom is -0.453 e. The van der Waals surface area contributed by atoms with Gasteiger partial charge in [-0.2, -0.15) is 5.10 Å². The van der Waals surface area contributed by atoms with E-state index in [1.165, 1.54) is 0 Å². The number of aromatic nitrogens is 2. The molecule has 1 atom stereocenters. The lowest BCUT2D eigenvalue weighted by molar-refractivity contribution is 0.467. The molecule has 0 aliphatic carbocycles. The van der Waals surface area contributed by atoms with Crippen LogP contribution in [0.1, 0.15) is 12.5 Å². The van der Waals surface area contributed by atoms with Crippen LogP contribution in [0, 0.1) is 0 Å². The van der Waals surface area contributed by atoms with E-state index in [4.69, 9.17) is 4.74 Å². The Morgan fingerprint density at radius 1 is 1.39 bits per heavy atom. The third kappa shape index (κ3) is 2.42. The Labute approximate surface area is 114 Å². The van der Waals surface area contributed by atoms with Crippen LogP contribution >= 0.6 is 15.9 Å². The molecule has 0 spiro atoms. The van der Waals surface area contributed by atoms with Gasteiger partial charge in [-0.1, -0.05) is 12.1 Å². The molecule has 2 heterocycles. The second-order valence-electron chi connectivity index (χ2n) is 4.34. The van der Waals surface area contributed by atoms with Gasteiger partial charge >= 0.3 is 0 Å². The summed E-state index contributed by atoms with van der Waals surface area (Å²) in [5.41, 5.74) is 0. The van der Waals surface area contributed by atoms with Gasteiger partial charge in [0.1, 0.15) is 5.75 Å². The second-order valence-corrected chi connectivity index (χ2v) is 5.19. The zero-order valence-electron chi connectivity index (χ0n) is 9.84. The minimum atomic E-state index is 0.446. The molecule has 0 radical (unpaired) electrons. The summed E-state index contributed by atoms with van der Waals surface area (Å²) >= 11 is 3.46. The van der Waals surface area contributed by atoms with Crippen molar-refractivity contribution in [3.63, 3.8) is 0 Å². The van der Waals surface area contributed by atoms with Crippen molar-refractivity contribution >= 4 is 15.9 Å². The molecule has 0 amide bonds. The van der Waals surface area contributed by atoms with Gasteiger partial charge in [-0.3, -0.25) is 4.68 Å². The third-order valence-electron chi connectivity index (χ3n) is 3.05. The predicted octanol–water partition coefficient (Wildman–Crippen LogP) is 2.97. The van der Waals surface area contributed by atoms with Gasteiger partial charge in [0.25, 0.3) is 0 Å².